The van der Waals surface area contributed by atoms with E-state index in [1.54, 1.807) is 0 Å². The molecule has 0 aliphatic carbocycles. The minimum Gasteiger partial charge on any atom is -0.478 e. The van der Waals surface area contributed by atoms with Crippen LogP contribution in [0.4, 0.5) is 0 Å². The summed E-state index contributed by atoms with van der Waals surface area (Å²) in [5.41, 5.74) is -1.39. The van der Waals surface area contributed by atoms with Gasteiger partial charge in [0.2, 0.25) is 0 Å². The zero-order chi connectivity index (χ0) is 20.0. The third kappa shape index (κ3) is 5.51. The van der Waals surface area contributed by atoms with Gasteiger partial charge >= 0.3 is 11.9 Å². The van der Waals surface area contributed by atoms with Crippen molar-refractivity contribution in [3.8, 4) is 0 Å². The number of esters is 1. The van der Waals surface area contributed by atoms with E-state index < -0.39 is 47.2 Å². The van der Waals surface area contributed by atoms with Crippen molar-refractivity contribution in [1.29, 1.82) is 0 Å². The first-order valence-electron chi connectivity index (χ1n) is 9.64. The van der Waals surface area contributed by atoms with E-state index in [9.17, 15) is 14.7 Å². The highest BCUT2D eigenvalue weighted by Crippen LogP contribution is 2.19. The molecule has 2 unspecified atom stereocenters. The minimum absolute atomic E-state index is 0.0552. The number of carboxylic acid groups (broad SMARTS) is 1. The Bertz CT molecular complexity index is 676. The van der Waals surface area contributed by atoms with Gasteiger partial charge in [0.1, 0.15) is 0 Å². The quantitative estimate of drug-likeness (QED) is 0.542. The summed E-state index contributed by atoms with van der Waals surface area (Å²) in [4.78, 5) is 23.8. The van der Waals surface area contributed by atoms with Crippen molar-refractivity contribution >= 4 is 11.9 Å². The predicted molar refractivity (Wildman–Crippen MR) is 86.2 cm³/mol. The van der Waals surface area contributed by atoms with Crippen molar-refractivity contribution in [1.82, 2.24) is 0 Å². The van der Waals surface area contributed by atoms with Crippen molar-refractivity contribution in [3.05, 3.63) is 35.3 Å². The van der Waals surface area contributed by atoms with Crippen LogP contribution in [0.15, 0.2) is 24.2 Å². The number of carbonyl (C=O) groups excluding carboxylic acids is 1. The average Bonchev–Trinajstić information content (AvgIpc) is 2.59. The van der Waals surface area contributed by atoms with Gasteiger partial charge in [-0.1, -0.05) is 58.5 Å². The molecule has 1 aromatic carbocycles. The Morgan fingerprint density at radius 1 is 1.18 bits per heavy atom. The van der Waals surface area contributed by atoms with Gasteiger partial charge in [-0.25, -0.2) is 9.59 Å². The van der Waals surface area contributed by atoms with E-state index >= 15 is 0 Å². The van der Waals surface area contributed by atoms with Crippen LogP contribution in [0.5, 0.6) is 0 Å². The van der Waals surface area contributed by atoms with E-state index in [2.05, 4.69) is 13.8 Å². The zero-order valence-corrected chi connectivity index (χ0v) is 13.4. The second kappa shape index (κ2) is 9.23. The molecule has 0 saturated carbocycles. The molecule has 2 atom stereocenters. The Balaban J connectivity index is 2.96. The molecular weight excluding hydrogens is 280 g/mol. The first-order chi connectivity index (χ1) is 12.1. The number of carbonyl (C=O) groups is 2. The Morgan fingerprint density at radius 3 is 2.41 bits per heavy atom. The number of carboxylic acids is 1. The van der Waals surface area contributed by atoms with Crippen molar-refractivity contribution in [2.45, 2.75) is 46.5 Å². The number of ether oxygens (including phenoxy) is 1. The van der Waals surface area contributed by atoms with Crippen LogP contribution in [0.2, 0.25) is 0 Å². The van der Waals surface area contributed by atoms with Crippen LogP contribution in [0.25, 0.3) is 0 Å². The summed E-state index contributed by atoms with van der Waals surface area (Å²) in [6.45, 7) is 6.18. The minimum atomic E-state index is -1.59. The first kappa shape index (κ1) is 12.7. The Hall–Kier alpha value is -1.84. The first-order valence-corrected chi connectivity index (χ1v) is 7.64. The highest BCUT2D eigenvalue weighted by atomic mass is 16.5. The molecular formula is C18H26O4. The van der Waals surface area contributed by atoms with Crippen LogP contribution in [0.1, 0.15) is 72.7 Å². The summed E-state index contributed by atoms with van der Waals surface area (Å²) in [6.07, 6.45) is 4.35. The molecule has 0 spiro atoms. The third-order valence-corrected chi connectivity index (χ3v) is 3.82. The summed E-state index contributed by atoms with van der Waals surface area (Å²) in [5.74, 6) is -2.26. The van der Waals surface area contributed by atoms with Gasteiger partial charge in [0.25, 0.3) is 0 Å². The predicted octanol–water partition coefficient (Wildman–Crippen LogP) is 4.39. The molecule has 1 N–H and O–H groups in total. The average molecular weight is 310 g/mol. The standard InChI is InChI=1S/C18H26O4/c1-4-5-6-9-13(2)14(3)12-22-18(21)16-11-8-7-10-15(16)17(19)20/h7-8,10-11,13-14H,4-6,9,12H2,1-3H3,(H,19,20)/i7D,8D,10D,11D. The summed E-state index contributed by atoms with van der Waals surface area (Å²) in [6, 6.07) is -2.81. The van der Waals surface area contributed by atoms with Crippen molar-refractivity contribution < 1.29 is 24.9 Å². The van der Waals surface area contributed by atoms with Gasteiger partial charge in [0.05, 0.1) is 23.2 Å². The topological polar surface area (TPSA) is 63.6 Å². The molecule has 0 bridgehead atoms. The van der Waals surface area contributed by atoms with E-state index in [4.69, 9.17) is 10.2 Å². The van der Waals surface area contributed by atoms with Crippen molar-refractivity contribution in [2.24, 2.45) is 11.8 Å². The van der Waals surface area contributed by atoms with Gasteiger partial charge in [-0.15, -0.1) is 0 Å². The number of hydrogen-bond acceptors (Lipinski definition) is 3. The maximum atomic E-state index is 12.4. The van der Waals surface area contributed by atoms with Gasteiger partial charge in [0, 0.05) is 0 Å². The summed E-state index contributed by atoms with van der Waals surface area (Å²) >= 11 is 0. The highest BCUT2D eigenvalue weighted by Gasteiger charge is 2.19. The van der Waals surface area contributed by atoms with E-state index in [0.29, 0.717) is 5.92 Å². The molecule has 0 aliphatic heterocycles. The zero-order valence-electron chi connectivity index (χ0n) is 17.4. The smallest absolute Gasteiger partial charge is 0.339 e. The second-order valence-electron chi connectivity index (χ2n) is 5.60. The van der Waals surface area contributed by atoms with Crippen LogP contribution in [0, 0.1) is 11.8 Å². The molecule has 0 fully saturated rings. The number of rotatable bonds is 9. The molecule has 4 heteroatoms. The van der Waals surface area contributed by atoms with Gasteiger partial charge in [-0.3, -0.25) is 0 Å². The molecule has 0 amide bonds. The maximum absolute atomic E-state index is 12.4. The lowest BCUT2D eigenvalue weighted by Gasteiger charge is -2.19. The van der Waals surface area contributed by atoms with Gasteiger partial charge < -0.3 is 9.84 Å². The van der Waals surface area contributed by atoms with Gasteiger partial charge in [-0.2, -0.15) is 0 Å². The summed E-state index contributed by atoms with van der Waals surface area (Å²) in [5, 5.41) is 9.27. The van der Waals surface area contributed by atoms with E-state index in [0.717, 1.165) is 25.7 Å². The SMILES string of the molecule is [2H]c1c([2H])c([2H])c(C(=O)OCC(C)C(C)CCCCC)c(C(=O)O)c1[2H]. The number of hydrogen-bond donors (Lipinski definition) is 1. The van der Waals surface area contributed by atoms with E-state index in [1.165, 1.54) is 0 Å². The van der Waals surface area contributed by atoms with Gasteiger partial charge in [0.15, 0.2) is 0 Å². The second-order valence-corrected chi connectivity index (χ2v) is 5.60. The molecule has 1 aromatic rings. The van der Waals surface area contributed by atoms with Crippen molar-refractivity contribution in [3.63, 3.8) is 0 Å². The Labute approximate surface area is 138 Å². The Kier molecular flexibility index (Phi) is 5.32. The number of unbranched alkanes of at least 4 members (excludes halogenated alkanes) is 2. The molecule has 22 heavy (non-hydrogen) atoms. The molecule has 1 rings (SSSR count). The summed E-state index contributed by atoms with van der Waals surface area (Å²) in [7, 11) is 0. The lowest BCUT2D eigenvalue weighted by molar-refractivity contribution is 0.0401. The largest absolute Gasteiger partial charge is 0.478 e. The van der Waals surface area contributed by atoms with Gasteiger partial charge in [-0.05, 0) is 23.9 Å². The fourth-order valence-corrected chi connectivity index (χ4v) is 2.07. The molecule has 4 nitrogen and oxygen atoms in total. The highest BCUT2D eigenvalue weighted by molar-refractivity contribution is 6.02. The van der Waals surface area contributed by atoms with E-state index in [1.807, 2.05) is 6.92 Å². The van der Waals surface area contributed by atoms with Crippen LogP contribution in [0.3, 0.4) is 0 Å². The number of benzene rings is 1. The molecule has 122 valence electrons. The lowest BCUT2D eigenvalue weighted by atomic mass is 9.91. The fourth-order valence-electron chi connectivity index (χ4n) is 2.07. The fraction of sp³-hybridized carbons (Fsp3) is 0.556. The lowest BCUT2D eigenvalue weighted by Crippen LogP contribution is -2.19. The van der Waals surface area contributed by atoms with Crippen LogP contribution >= 0.6 is 0 Å². The molecule has 0 heterocycles. The molecule has 0 aliphatic rings. The third-order valence-electron chi connectivity index (χ3n) is 3.82. The van der Waals surface area contributed by atoms with Crippen LogP contribution < -0.4 is 0 Å². The van der Waals surface area contributed by atoms with E-state index in [-0.39, 0.29) is 12.5 Å². The summed E-state index contributed by atoms with van der Waals surface area (Å²) < 4.78 is 35.9. The molecule has 0 saturated heterocycles. The molecule has 0 aromatic heterocycles. The van der Waals surface area contributed by atoms with Crippen LogP contribution in [-0.4, -0.2) is 23.7 Å². The van der Waals surface area contributed by atoms with Crippen LogP contribution in [-0.2, 0) is 4.74 Å². The monoisotopic (exact) mass is 310 g/mol. The normalized spacial score (nSPS) is 16.0. The van der Waals surface area contributed by atoms with Crippen molar-refractivity contribution in [2.75, 3.05) is 6.61 Å². The Morgan fingerprint density at radius 2 is 1.82 bits per heavy atom. The molecule has 0 radical (unpaired) electrons. The maximum Gasteiger partial charge on any atom is 0.339 e. The number of aromatic carboxylic acids is 1.